The van der Waals surface area contributed by atoms with Crippen molar-refractivity contribution in [3.8, 4) is 23.1 Å². The Morgan fingerprint density at radius 1 is 1.20 bits per heavy atom. The van der Waals surface area contributed by atoms with Crippen molar-refractivity contribution in [1.82, 2.24) is 4.98 Å². The van der Waals surface area contributed by atoms with Crippen LogP contribution >= 0.6 is 0 Å². The highest BCUT2D eigenvalue weighted by Gasteiger charge is 2.49. The second-order valence-electron chi connectivity index (χ2n) is 4.44. The van der Waals surface area contributed by atoms with E-state index in [1.165, 1.54) is 24.3 Å². The summed E-state index contributed by atoms with van der Waals surface area (Å²) < 4.78 is 63.3. The lowest BCUT2D eigenvalue weighted by molar-refractivity contribution is -0.384. The molecule has 25 heavy (non-hydrogen) atoms. The number of pyridine rings is 1. The zero-order chi connectivity index (χ0) is 18.8. The van der Waals surface area contributed by atoms with Gasteiger partial charge in [-0.3, -0.25) is 10.1 Å². The Labute approximate surface area is 138 Å². The fourth-order valence-electron chi connectivity index (χ4n) is 1.77. The molecular weight excluding hydrogens is 367 g/mol. The Morgan fingerprint density at radius 3 is 2.28 bits per heavy atom. The SMILES string of the molecule is N#Cc1c(-c2ccc([N+](=O)[O-])cc2)ccnc1OS(=O)(=O)C(F)(F)F. The lowest BCUT2D eigenvalue weighted by Crippen LogP contribution is -2.28. The van der Waals surface area contributed by atoms with Gasteiger partial charge in [0.2, 0.25) is 0 Å². The largest absolute Gasteiger partial charge is 0.534 e. The van der Waals surface area contributed by atoms with Gasteiger partial charge >= 0.3 is 15.6 Å². The Kier molecular flexibility index (Phi) is 4.62. The van der Waals surface area contributed by atoms with E-state index >= 15 is 0 Å². The minimum Gasteiger partial charge on any atom is -0.354 e. The van der Waals surface area contributed by atoms with Crippen LogP contribution in [-0.2, 0) is 10.1 Å². The van der Waals surface area contributed by atoms with Gasteiger partial charge in [0, 0.05) is 23.9 Å². The van der Waals surface area contributed by atoms with Gasteiger partial charge in [-0.25, -0.2) is 4.98 Å². The molecule has 1 aromatic heterocycles. The van der Waals surface area contributed by atoms with Crippen molar-refractivity contribution >= 4 is 15.8 Å². The van der Waals surface area contributed by atoms with Crippen LogP contribution in [-0.4, -0.2) is 23.8 Å². The number of nitro groups is 1. The number of nitro benzene ring substituents is 1. The highest BCUT2D eigenvalue weighted by molar-refractivity contribution is 7.87. The second-order valence-corrected chi connectivity index (χ2v) is 5.98. The minimum atomic E-state index is -6.00. The van der Waals surface area contributed by atoms with E-state index in [4.69, 9.17) is 5.26 Å². The molecule has 0 atom stereocenters. The quantitative estimate of drug-likeness (QED) is 0.349. The summed E-state index contributed by atoms with van der Waals surface area (Å²) >= 11 is 0. The Bertz CT molecular complexity index is 966. The smallest absolute Gasteiger partial charge is 0.354 e. The molecule has 0 bridgehead atoms. The molecule has 0 aliphatic heterocycles. The van der Waals surface area contributed by atoms with E-state index in [0.29, 0.717) is 0 Å². The topological polar surface area (TPSA) is 123 Å². The summed E-state index contributed by atoms with van der Waals surface area (Å²) in [6.07, 6.45) is 0.943. The molecule has 0 saturated heterocycles. The fraction of sp³-hybridized carbons (Fsp3) is 0.0769. The van der Waals surface area contributed by atoms with Crippen LogP contribution in [0.15, 0.2) is 36.5 Å². The van der Waals surface area contributed by atoms with Crippen LogP contribution in [0.3, 0.4) is 0 Å². The first-order valence-electron chi connectivity index (χ1n) is 6.21. The van der Waals surface area contributed by atoms with Crippen LogP contribution in [0.4, 0.5) is 18.9 Å². The second kappa shape index (κ2) is 6.36. The molecule has 0 radical (unpaired) electrons. The Hall–Kier alpha value is -3.20. The van der Waals surface area contributed by atoms with Crippen molar-refractivity contribution in [2.45, 2.75) is 5.51 Å². The fourth-order valence-corrected chi connectivity index (χ4v) is 2.20. The van der Waals surface area contributed by atoms with E-state index in [9.17, 15) is 31.7 Å². The first kappa shape index (κ1) is 18.1. The van der Waals surface area contributed by atoms with E-state index in [1.54, 1.807) is 0 Å². The molecular formula is C13H6F3N3O5S. The van der Waals surface area contributed by atoms with Gasteiger partial charge in [0.25, 0.3) is 11.6 Å². The van der Waals surface area contributed by atoms with E-state index in [-0.39, 0.29) is 16.8 Å². The molecule has 1 aromatic carbocycles. The predicted molar refractivity (Wildman–Crippen MR) is 76.6 cm³/mol. The van der Waals surface area contributed by atoms with E-state index in [1.807, 2.05) is 0 Å². The van der Waals surface area contributed by atoms with Crippen LogP contribution < -0.4 is 4.18 Å². The van der Waals surface area contributed by atoms with Crippen molar-refractivity contribution in [3.05, 3.63) is 52.2 Å². The minimum absolute atomic E-state index is 0.000211. The molecule has 12 heteroatoms. The van der Waals surface area contributed by atoms with Crippen molar-refractivity contribution < 1.29 is 30.7 Å². The maximum absolute atomic E-state index is 12.4. The van der Waals surface area contributed by atoms with Crippen LogP contribution in [0, 0.1) is 21.4 Å². The first-order chi connectivity index (χ1) is 11.6. The van der Waals surface area contributed by atoms with Gasteiger partial charge in [-0.15, -0.1) is 0 Å². The third-order valence-corrected chi connectivity index (χ3v) is 3.83. The third-order valence-electron chi connectivity index (χ3n) is 2.89. The van der Waals surface area contributed by atoms with E-state index in [2.05, 4.69) is 9.17 Å². The molecule has 0 aliphatic rings. The highest BCUT2D eigenvalue weighted by atomic mass is 32.2. The lowest BCUT2D eigenvalue weighted by atomic mass is 10.0. The number of non-ortho nitro benzene ring substituents is 1. The zero-order valence-electron chi connectivity index (χ0n) is 11.9. The number of halogens is 3. The van der Waals surface area contributed by atoms with Gasteiger partial charge in [0.1, 0.15) is 11.6 Å². The molecule has 0 saturated carbocycles. The number of hydrogen-bond donors (Lipinski definition) is 0. The number of benzene rings is 1. The van der Waals surface area contributed by atoms with Crippen LogP contribution in [0.2, 0.25) is 0 Å². The van der Waals surface area contributed by atoms with Crippen molar-refractivity contribution in [1.29, 1.82) is 5.26 Å². The average molecular weight is 373 g/mol. The van der Waals surface area contributed by atoms with Crippen molar-refractivity contribution in [3.63, 3.8) is 0 Å². The zero-order valence-corrected chi connectivity index (χ0v) is 12.7. The third kappa shape index (κ3) is 3.66. The molecule has 0 amide bonds. The van der Waals surface area contributed by atoms with E-state index < -0.39 is 32.0 Å². The normalized spacial score (nSPS) is 11.6. The predicted octanol–water partition coefficient (Wildman–Crippen LogP) is 2.76. The Morgan fingerprint density at radius 2 is 1.80 bits per heavy atom. The molecule has 0 spiro atoms. The molecule has 2 aromatic rings. The summed E-state index contributed by atoms with van der Waals surface area (Å²) in [7, 11) is -6.00. The van der Waals surface area contributed by atoms with Gasteiger partial charge in [-0.2, -0.15) is 26.9 Å². The number of alkyl halides is 3. The molecule has 0 N–H and O–H groups in total. The maximum atomic E-state index is 12.4. The Balaban J connectivity index is 2.53. The van der Waals surface area contributed by atoms with Gasteiger partial charge in [0.15, 0.2) is 0 Å². The average Bonchev–Trinajstić information content (AvgIpc) is 2.53. The molecule has 0 fully saturated rings. The van der Waals surface area contributed by atoms with Gasteiger partial charge in [-0.1, -0.05) is 0 Å². The summed E-state index contributed by atoms with van der Waals surface area (Å²) in [5.74, 6) is -1.05. The van der Waals surface area contributed by atoms with E-state index in [0.717, 1.165) is 18.3 Å². The van der Waals surface area contributed by atoms with Gasteiger partial charge in [-0.05, 0) is 23.8 Å². The van der Waals surface area contributed by atoms with Crippen LogP contribution in [0.5, 0.6) is 5.88 Å². The summed E-state index contributed by atoms with van der Waals surface area (Å²) in [6, 6.07) is 7.47. The molecule has 0 unspecified atom stereocenters. The summed E-state index contributed by atoms with van der Waals surface area (Å²) in [5.41, 5.74) is -6.28. The highest BCUT2D eigenvalue weighted by Crippen LogP contribution is 2.32. The number of hydrogen-bond acceptors (Lipinski definition) is 7. The van der Waals surface area contributed by atoms with Gasteiger partial charge < -0.3 is 4.18 Å². The summed E-state index contributed by atoms with van der Waals surface area (Å²) in [6.45, 7) is 0. The number of aromatic nitrogens is 1. The summed E-state index contributed by atoms with van der Waals surface area (Å²) in [5, 5.41) is 19.8. The van der Waals surface area contributed by atoms with Crippen LogP contribution in [0.25, 0.3) is 11.1 Å². The standard InChI is InChI=1S/C13H6F3N3O5S/c14-13(15,16)25(22,23)24-12-11(7-17)10(5-6-18-12)8-1-3-9(4-2-8)19(20)21/h1-6H. The monoisotopic (exact) mass is 373 g/mol. The summed E-state index contributed by atoms with van der Waals surface area (Å²) in [4.78, 5) is 13.3. The molecule has 1 heterocycles. The van der Waals surface area contributed by atoms with Crippen molar-refractivity contribution in [2.24, 2.45) is 0 Å². The maximum Gasteiger partial charge on any atom is 0.534 e. The van der Waals surface area contributed by atoms with Crippen LogP contribution in [0.1, 0.15) is 5.56 Å². The molecule has 8 nitrogen and oxygen atoms in total. The molecule has 0 aliphatic carbocycles. The molecule has 2 rings (SSSR count). The number of nitrogens with zero attached hydrogens (tertiary/aromatic N) is 3. The lowest BCUT2D eigenvalue weighted by Gasteiger charge is -2.11. The first-order valence-corrected chi connectivity index (χ1v) is 7.62. The van der Waals surface area contributed by atoms with Crippen molar-refractivity contribution in [2.75, 3.05) is 0 Å². The number of rotatable bonds is 4. The number of nitriles is 1. The van der Waals surface area contributed by atoms with Gasteiger partial charge in [0.05, 0.1) is 4.92 Å². The molecule has 130 valence electrons.